The van der Waals surface area contributed by atoms with E-state index in [4.69, 9.17) is 0 Å². The van der Waals surface area contributed by atoms with Crippen LogP contribution in [0.2, 0.25) is 0 Å². The number of rotatable bonds is 5. The molecule has 0 radical (unpaired) electrons. The zero-order chi connectivity index (χ0) is 14.8. The van der Waals surface area contributed by atoms with Crippen molar-refractivity contribution in [2.45, 2.75) is 26.8 Å². The average molecular weight is 318 g/mol. The third-order valence-corrected chi connectivity index (χ3v) is 4.89. The minimum Gasteiger partial charge on any atom is -0.363 e. The first-order valence-electron chi connectivity index (χ1n) is 6.98. The first-order chi connectivity index (χ1) is 10.2. The van der Waals surface area contributed by atoms with Gasteiger partial charge in [-0.15, -0.1) is 11.3 Å². The number of aryl methyl sites for hydroxylation is 1. The standard InChI is InChI=1S/C15H18N4S2/c1-4-16-15-18-13(12-7-9(2)21-14(12)19-15)17-10(3)11-5-6-20-8-11/h5-8,10H,4H2,1-3H3,(H2,16,17,18,19). The van der Waals surface area contributed by atoms with Crippen LogP contribution in [0.4, 0.5) is 11.8 Å². The Hall–Kier alpha value is -1.66. The molecule has 0 aliphatic carbocycles. The number of thiophene rings is 2. The van der Waals surface area contributed by atoms with E-state index in [0.29, 0.717) is 5.95 Å². The molecule has 6 heteroatoms. The van der Waals surface area contributed by atoms with E-state index in [-0.39, 0.29) is 6.04 Å². The monoisotopic (exact) mass is 318 g/mol. The van der Waals surface area contributed by atoms with E-state index >= 15 is 0 Å². The van der Waals surface area contributed by atoms with Gasteiger partial charge in [0.25, 0.3) is 0 Å². The summed E-state index contributed by atoms with van der Waals surface area (Å²) in [5.41, 5.74) is 1.28. The molecule has 21 heavy (non-hydrogen) atoms. The van der Waals surface area contributed by atoms with Gasteiger partial charge in [0, 0.05) is 11.4 Å². The summed E-state index contributed by atoms with van der Waals surface area (Å²) >= 11 is 3.42. The number of aromatic nitrogens is 2. The molecule has 0 fully saturated rings. The van der Waals surface area contributed by atoms with E-state index in [9.17, 15) is 0 Å². The van der Waals surface area contributed by atoms with Gasteiger partial charge in [0.1, 0.15) is 10.6 Å². The molecule has 0 spiro atoms. The van der Waals surface area contributed by atoms with Gasteiger partial charge in [0.2, 0.25) is 5.95 Å². The van der Waals surface area contributed by atoms with Crippen LogP contribution in [0, 0.1) is 6.92 Å². The molecule has 3 heterocycles. The van der Waals surface area contributed by atoms with Gasteiger partial charge >= 0.3 is 0 Å². The molecule has 0 saturated heterocycles. The number of hydrogen-bond donors (Lipinski definition) is 2. The first-order valence-corrected chi connectivity index (χ1v) is 8.74. The lowest BCUT2D eigenvalue weighted by atomic mass is 10.2. The van der Waals surface area contributed by atoms with Crippen LogP contribution >= 0.6 is 22.7 Å². The molecule has 110 valence electrons. The van der Waals surface area contributed by atoms with Crippen molar-refractivity contribution < 1.29 is 0 Å². The van der Waals surface area contributed by atoms with Crippen molar-refractivity contribution in [1.29, 1.82) is 0 Å². The van der Waals surface area contributed by atoms with E-state index in [1.165, 1.54) is 10.4 Å². The number of fused-ring (bicyclic) bond motifs is 1. The average Bonchev–Trinajstić information content (AvgIpc) is 3.07. The summed E-state index contributed by atoms with van der Waals surface area (Å²) in [7, 11) is 0. The maximum Gasteiger partial charge on any atom is 0.226 e. The Labute approximate surface area is 132 Å². The van der Waals surface area contributed by atoms with Crippen LogP contribution in [-0.2, 0) is 0 Å². The summed E-state index contributed by atoms with van der Waals surface area (Å²) in [6.07, 6.45) is 0. The number of nitrogens with one attached hydrogen (secondary N) is 2. The Morgan fingerprint density at radius 2 is 2.19 bits per heavy atom. The van der Waals surface area contributed by atoms with Gasteiger partial charge in [-0.2, -0.15) is 16.3 Å². The van der Waals surface area contributed by atoms with Gasteiger partial charge in [0.05, 0.1) is 11.4 Å². The van der Waals surface area contributed by atoms with Crippen molar-refractivity contribution in [2.75, 3.05) is 17.2 Å². The molecular formula is C15H18N4S2. The Morgan fingerprint density at radius 1 is 1.33 bits per heavy atom. The number of hydrogen-bond acceptors (Lipinski definition) is 6. The fourth-order valence-corrected chi connectivity index (χ4v) is 3.83. The molecule has 0 aliphatic heterocycles. The minimum absolute atomic E-state index is 0.226. The second-order valence-corrected chi connectivity index (χ2v) is 6.94. The molecule has 1 atom stereocenters. The number of anilines is 2. The van der Waals surface area contributed by atoms with E-state index in [1.807, 2.05) is 6.92 Å². The van der Waals surface area contributed by atoms with Crippen molar-refractivity contribution in [1.82, 2.24) is 9.97 Å². The smallest absolute Gasteiger partial charge is 0.226 e. The first kappa shape index (κ1) is 14.3. The fraction of sp³-hybridized carbons (Fsp3) is 0.333. The van der Waals surface area contributed by atoms with Crippen molar-refractivity contribution >= 4 is 44.7 Å². The summed E-state index contributed by atoms with van der Waals surface area (Å²) < 4.78 is 0. The van der Waals surface area contributed by atoms with Crippen molar-refractivity contribution in [3.05, 3.63) is 33.3 Å². The Balaban J connectivity index is 1.99. The maximum absolute atomic E-state index is 4.63. The van der Waals surface area contributed by atoms with Crippen molar-refractivity contribution in [3.63, 3.8) is 0 Å². The lowest BCUT2D eigenvalue weighted by molar-refractivity contribution is 0.881. The van der Waals surface area contributed by atoms with Gasteiger partial charge < -0.3 is 10.6 Å². The third-order valence-electron chi connectivity index (χ3n) is 3.25. The van der Waals surface area contributed by atoms with Crippen LogP contribution in [0.15, 0.2) is 22.9 Å². The highest BCUT2D eigenvalue weighted by atomic mass is 32.1. The van der Waals surface area contributed by atoms with Gasteiger partial charge in [-0.05, 0) is 49.2 Å². The highest BCUT2D eigenvalue weighted by Crippen LogP contribution is 2.31. The van der Waals surface area contributed by atoms with Crippen LogP contribution in [0.25, 0.3) is 10.2 Å². The lowest BCUT2D eigenvalue weighted by Gasteiger charge is -2.15. The second-order valence-electron chi connectivity index (χ2n) is 4.92. The van der Waals surface area contributed by atoms with Gasteiger partial charge in [-0.1, -0.05) is 0 Å². The molecule has 2 N–H and O–H groups in total. The molecule has 3 rings (SSSR count). The third kappa shape index (κ3) is 3.01. The Kier molecular flexibility index (Phi) is 4.07. The maximum atomic E-state index is 4.63. The molecule has 0 amide bonds. The highest BCUT2D eigenvalue weighted by molar-refractivity contribution is 7.18. The van der Waals surface area contributed by atoms with Gasteiger partial charge in [-0.3, -0.25) is 0 Å². The molecule has 0 bridgehead atoms. The zero-order valence-electron chi connectivity index (χ0n) is 12.3. The fourth-order valence-electron chi connectivity index (χ4n) is 2.20. The molecule has 0 aliphatic rings. The molecule has 1 unspecified atom stereocenters. The molecule has 0 aromatic carbocycles. The van der Waals surface area contributed by atoms with Crippen LogP contribution in [-0.4, -0.2) is 16.5 Å². The summed E-state index contributed by atoms with van der Waals surface area (Å²) in [6.45, 7) is 7.12. The quantitative estimate of drug-likeness (QED) is 0.718. The van der Waals surface area contributed by atoms with Crippen LogP contribution in [0.3, 0.4) is 0 Å². The lowest BCUT2D eigenvalue weighted by Crippen LogP contribution is -2.10. The molecule has 3 aromatic heterocycles. The van der Waals surface area contributed by atoms with E-state index in [2.05, 4.69) is 57.3 Å². The van der Waals surface area contributed by atoms with Crippen molar-refractivity contribution in [2.24, 2.45) is 0 Å². The topological polar surface area (TPSA) is 49.8 Å². The Morgan fingerprint density at radius 3 is 2.90 bits per heavy atom. The van der Waals surface area contributed by atoms with Crippen LogP contribution in [0.1, 0.15) is 30.3 Å². The van der Waals surface area contributed by atoms with E-state index < -0.39 is 0 Å². The Bertz CT molecular complexity index is 734. The number of nitrogens with zero attached hydrogens (tertiary/aromatic N) is 2. The normalized spacial score (nSPS) is 12.5. The predicted octanol–water partition coefficient (Wildman–Crippen LogP) is 4.67. The zero-order valence-corrected chi connectivity index (χ0v) is 13.9. The minimum atomic E-state index is 0.226. The molecular weight excluding hydrogens is 300 g/mol. The predicted molar refractivity (Wildman–Crippen MR) is 92.7 cm³/mol. The van der Waals surface area contributed by atoms with E-state index in [1.54, 1.807) is 22.7 Å². The summed E-state index contributed by atoms with van der Waals surface area (Å²) in [4.78, 5) is 11.5. The largest absolute Gasteiger partial charge is 0.363 e. The summed E-state index contributed by atoms with van der Waals surface area (Å²) in [5, 5.41) is 12.1. The van der Waals surface area contributed by atoms with Crippen molar-refractivity contribution in [3.8, 4) is 0 Å². The summed E-state index contributed by atoms with van der Waals surface area (Å²) in [5.74, 6) is 1.59. The van der Waals surface area contributed by atoms with Crippen LogP contribution in [0.5, 0.6) is 0 Å². The second kappa shape index (κ2) is 5.99. The van der Waals surface area contributed by atoms with Gasteiger partial charge in [0.15, 0.2) is 0 Å². The molecule has 4 nitrogen and oxygen atoms in total. The van der Waals surface area contributed by atoms with Gasteiger partial charge in [-0.25, -0.2) is 4.98 Å². The molecule has 3 aromatic rings. The summed E-state index contributed by atoms with van der Waals surface area (Å²) in [6, 6.07) is 4.52. The van der Waals surface area contributed by atoms with E-state index in [0.717, 1.165) is 22.6 Å². The SMILES string of the molecule is CCNc1nc(NC(C)c2ccsc2)c2cc(C)sc2n1. The molecule has 0 saturated carbocycles. The van der Waals surface area contributed by atoms with Crippen LogP contribution < -0.4 is 10.6 Å². The highest BCUT2D eigenvalue weighted by Gasteiger charge is 2.13.